The number of nitrogens with one attached hydrogen (secondary N) is 1. The fraction of sp³-hybridized carbons (Fsp3) is 0.667. The van der Waals surface area contributed by atoms with Crippen LogP contribution in [0, 0.1) is 17.8 Å². The third-order valence-electron chi connectivity index (χ3n) is 5.00. The minimum Gasteiger partial charge on any atom is -0.478 e. The van der Waals surface area contributed by atoms with Gasteiger partial charge in [0.1, 0.15) is 11.3 Å². The van der Waals surface area contributed by atoms with Gasteiger partial charge in [0, 0.05) is 6.04 Å². The molecule has 0 spiro atoms. The van der Waals surface area contributed by atoms with Gasteiger partial charge in [0.2, 0.25) is 0 Å². The Bertz CT molecular complexity index is 468. The number of furan rings is 1. The molecule has 4 heteroatoms. The predicted molar refractivity (Wildman–Crippen MR) is 70.9 cm³/mol. The Hall–Kier alpha value is -1.29. The molecule has 2 aliphatic rings. The Balaban J connectivity index is 1.57. The Morgan fingerprint density at radius 2 is 2.37 bits per heavy atom. The summed E-state index contributed by atoms with van der Waals surface area (Å²) < 4.78 is 5.26. The minimum atomic E-state index is -0.918. The van der Waals surface area contributed by atoms with E-state index in [0.29, 0.717) is 18.3 Å². The van der Waals surface area contributed by atoms with E-state index in [1.165, 1.54) is 38.0 Å². The number of carbonyl (C=O) groups is 1. The van der Waals surface area contributed by atoms with Crippen LogP contribution in [0.4, 0.5) is 0 Å². The molecule has 4 atom stereocenters. The Morgan fingerprint density at radius 3 is 3.00 bits per heavy atom. The van der Waals surface area contributed by atoms with E-state index < -0.39 is 5.97 Å². The molecular weight excluding hydrogens is 242 g/mol. The molecule has 1 aromatic rings. The first-order chi connectivity index (χ1) is 9.15. The minimum absolute atomic E-state index is 0.271. The van der Waals surface area contributed by atoms with Crippen LogP contribution in [-0.2, 0) is 6.54 Å². The van der Waals surface area contributed by atoms with Crippen LogP contribution in [0.2, 0.25) is 0 Å². The Morgan fingerprint density at radius 1 is 1.53 bits per heavy atom. The van der Waals surface area contributed by atoms with Gasteiger partial charge in [-0.2, -0.15) is 0 Å². The van der Waals surface area contributed by atoms with Crippen molar-refractivity contribution in [1.82, 2.24) is 5.32 Å². The van der Waals surface area contributed by atoms with Gasteiger partial charge in [0.15, 0.2) is 0 Å². The molecule has 19 heavy (non-hydrogen) atoms. The van der Waals surface area contributed by atoms with Gasteiger partial charge in [-0.3, -0.25) is 0 Å². The summed E-state index contributed by atoms with van der Waals surface area (Å²) >= 11 is 0. The summed E-state index contributed by atoms with van der Waals surface area (Å²) in [5.41, 5.74) is 0.271. The lowest BCUT2D eigenvalue weighted by Gasteiger charge is -2.28. The largest absolute Gasteiger partial charge is 0.478 e. The maximum Gasteiger partial charge on any atom is 0.339 e. The van der Waals surface area contributed by atoms with Crippen molar-refractivity contribution in [3.05, 3.63) is 23.7 Å². The highest BCUT2D eigenvalue weighted by atomic mass is 16.4. The number of carboxylic acid groups (broad SMARTS) is 1. The number of fused-ring (bicyclic) bond motifs is 2. The normalized spacial score (nSPS) is 30.7. The van der Waals surface area contributed by atoms with Crippen LogP contribution in [0.25, 0.3) is 0 Å². The summed E-state index contributed by atoms with van der Waals surface area (Å²) in [5, 5.41) is 12.5. The van der Waals surface area contributed by atoms with Crippen LogP contribution in [0.5, 0.6) is 0 Å². The van der Waals surface area contributed by atoms with Gasteiger partial charge in [0.25, 0.3) is 0 Å². The number of aromatic carboxylic acids is 1. The fourth-order valence-electron chi connectivity index (χ4n) is 3.98. The molecule has 0 amide bonds. The monoisotopic (exact) mass is 263 g/mol. The summed E-state index contributed by atoms with van der Waals surface area (Å²) in [6.07, 6.45) is 6.97. The lowest BCUT2D eigenvalue weighted by atomic mass is 9.84. The molecular formula is C15H21NO3. The molecule has 0 aromatic carbocycles. The van der Waals surface area contributed by atoms with Crippen LogP contribution in [0.1, 0.15) is 48.7 Å². The number of hydrogen-bond acceptors (Lipinski definition) is 3. The van der Waals surface area contributed by atoms with Crippen LogP contribution < -0.4 is 5.32 Å². The van der Waals surface area contributed by atoms with E-state index >= 15 is 0 Å². The second-order valence-corrected chi connectivity index (χ2v) is 6.07. The Kier molecular flexibility index (Phi) is 3.35. The quantitative estimate of drug-likeness (QED) is 0.857. The molecule has 1 aromatic heterocycles. The van der Waals surface area contributed by atoms with Crippen molar-refractivity contribution in [3.63, 3.8) is 0 Å². The molecule has 0 radical (unpaired) electrons. The predicted octanol–water partition coefficient (Wildman–Crippen LogP) is 2.89. The highest BCUT2D eigenvalue weighted by molar-refractivity contribution is 5.88. The van der Waals surface area contributed by atoms with E-state index in [1.807, 2.05) is 0 Å². The zero-order chi connectivity index (χ0) is 13.4. The molecule has 104 valence electrons. The number of hydrogen-bond donors (Lipinski definition) is 2. The number of rotatable bonds is 5. The zero-order valence-corrected chi connectivity index (χ0v) is 11.3. The van der Waals surface area contributed by atoms with Crippen LogP contribution in [-0.4, -0.2) is 17.1 Å². The van der Waals surface area contributed by atoms with E-state index in [2.05, 4.69) is 12.2 Å². The first-order valence-electron chi connectivity index (χ1n) is 7.18. The van der Waals surface area contributed by atoms with Crippen molar-refractivity contribution in [2.24, 2.45) is 17.8 Å². The molecule has 2 aliphatic carbocycles. The molecule has 0 saturated heterocycles. The average molecular weight is 263 g/mol. The number of carboxylic acids is 1. The molecule has 3 rings (SSSR count). The van der Waals surface area contributed by atoms with Gasteiger partial charge in [-0.25, -0.2) is 4.79 Å². The topological polar surface area (TPSA) is 62.5 Å². The van der Waals surface area contributed by atoms with Crippen molar-refractivity contribution in [2.45, 2.75) is 45.2 Å². The fourth-order valence-corrected chi connectivity index (χ4v) is 3.98. The highest BCUT2D eigenvalue weighted by Crippen LogP contribution is 2.49. The average Bonchev–Trinajstić information content (AvgIpc) is 3.10. The van der Waals surface area contributed by atoms with E-state index in [1.54, 1.807) is 0 Å². The van der Waals surface area contributed by atoms with E-state index in [9.17, 15) is 4.79 Å². The maximum atomic E-state index is 11.0. The van der Waals surface area contributed by atoms with Gasteiger partial charge >= 0.3 is 5.97 Å². The summed E-state index contributed by atoms with van der Waals surface area (Å²) in [7, 11) is 0. The third-order valence-corrected chi connectivity index (χ3v) is 5.00. The second kappa shape index (κ2) is 5.00. The molecule has 2 N–H and O–H groups in total. The summed E-state index contributed by atoms with van der Waals surface area (Å²) in [5.74, 6) is 2.18. The zero-order valence-electron chi connectivity index (χ0n) is 11.3. The van der Waals surface area contributed by atoms with Crippen LogP contribution >= 0.6 is 0 Å². The van der Waals surface area contributed by atoms with Crippen LogP contribution in [0.3, 0.4) is 0 Å². The van der Waals surface area contributed by atoms with Gasteiger partial charge in [-0.1, -0.05) is 6.42 Å². The molecule has 1 heterocycles. The van der Waals surface area contributed by atoms with Gasteiger partial charge in [-0.05, 0) is 50.0 Å². The van der Waals surface area contributed by atoms with Crippen molar-refractivity contribution in [2.75, 3.05) is 0 Å². The molecule has 2 saturated carbocycles. The summed E-state index contributed by atoms with van der Waals surface area (Å²) in [6, 6.07) is 1.95. The molecule has 4 unspecified atom stereocenters. The standard InChI is InChI=1S/C15H21NO3/c1-9(13-7-10-2-3-11(13)6-10)16-8-14-12(15(17)18)4-5-19-14/h4-5,9-11,13,16H,2-3,6-8H2,1H3,(H,17,18). The van der Waals surface area contributed by atoms with Crippen LogP contribution in [0.15, 0.2) is 16.7 Å². The third kappa shape index (κ3) is 2.41. The van der Waals surface area contributed by atoms with Gasteiger partial charge in [-0.15, -0.1) is 0 Å². The summed E-state index contributed by atoms with van der Waals surface area (Å²) in [4.78, 5) is 11.0. The smallest absolute Gasteiger partial charge is 0.339 e. The first kappa shape index (κ1) is 12.7. The highest BCUT2D eigenvalue weighted by Gasteiger charge is 2.41. The van der Waals surface area contributed by atoms with E-state index in [-0.39, 0.29) is 5.56 Å². The Labute approximate surface area is 113 Å². The van der Waals surface area contributed by atoms with Crippen molar-refractivity contribution in [1.29, 1.82) is 0 Å². The molecule has 0 aliphatic heterocycles. The van der Waals surface area contributed by atoms with Crippen molar-refractivity contribution in [3.8, 4) is 0 Å². The van der Waals surface area contributed by atoms with E-state index in [0.717, 1.165) is 17.8 Å². The van der Waals surface area contributed by atoms with Gasteiger partial charge < -0.3 is 14.8 Å². The SMILES string of the molecule is CC(NCc1occc1C(=O)O)C1CC2CCC1C2. The molecule has 4 nitrogen and oxygen atoms in total. The van der Waals surface area contributed by atoms with Gasteiger partial charge in [0.05, 0.1) is 12.8 Å². The van der Waals surface area contributed by atoms with Crippen molar-refractivity contribution < 1.29 is 14.3 Å². The lowest BCUT2D eigenvalue weighted by Crippen LogP contribution is -2.36. The van der Waals surface area contributed by atoms with Crippen molar-refractivity contribution >= 4 is 5.97 Å². The molecule has 2 fully saturated rings. The summed E-state index contributed by atoms with van der Waals surface area (Å²) in [6.45, 7) is 2.72. The molecule has 2 bridgehead atoms. The second-order valence-electron chi connectivity index (χ2n) is 6.07. The maximum absolute atomic E-state index is 11.0. The lowest BCUT2D eigenvalue weighted by molar-refractivity contribution is 0.0694. The van der Waals surface area contributed by atoms with E-state index in [4.69, 9.17) is 9.52 Å². The first-order valence-corrected chi connectivity index (χ1v) is 7.18.